The minimum absolute atomic E-state index is 0.0880. The normalized spacial score (nSPS) is 12.2. The number of rotatable bonds is 4. The highest BCUT2D eigenvalue weighted by Crippen LogP contribution is 2.03. The van der Waals surface area contributed by atoms with Crippen LogP contribution in [0, 0.1) is 11.5 Å². The molecule has 2 N–H and O–H groups in total. The fourth-order valence-corrected chi connectivity index (χ4v) is 2.01. The summed E-state index contributed by atoms with van der Waals surface area (Å²) in [6, 6.07) is 9.49. The third-order valence-corrected chi connectivity index (χ3v) is 3.31. The van der Waals surface area contributed by atoms with Crippen LogP contribution in [0.1, 0.15) is 5.56 Å². The monoisotopic (exact) mass is 275 g/mol. The molecular weight excluding hydrogens is 254 g/mol. The SMILES string of the molecule is C[Si](C)(C)C#CC(=O)N[C@H](CO)Cc1ccccc1. The Balaban J connectivity index is 2.57. The van der Waals surface area contributed by atoms with Crippen LogP contribution in [0.4, 0.5) is 0 Å². The van der Waals surface area contributed by atoms with E-state index in [2.05, 4.69) is 36.4 Å². The van der Waals surface area contributed by atoms with Gasteiger partial charge in [0.15, 0.2) is 0 Å². The van der Waals surface area contributed by atoms with E-state index in [1.165, 1.54) is 0 Å². The quantitative estimate of drug-likeness (QED) is 0.647. The summed E-state index contributed by atoms with van der Waals surface area (Å²) in [6.45, 7) is 6.16. The van der Waals surface area contributed by atoms with Gasteiger partial charge in [0.05, 0.1) is 12.6 Å². The van der Waals surface area contributed by atoms with Crippen LogP contribution in [0.3, 0.4) is 0 Å². The van der Waals surface area contributed by atoms with Crippen molar-refractivity contribution in [3.05, 3.63) is 35.9 Å². The molecule has 0 aliphatic carbocycles. The Morgan fingerprint density at radius 1 is 1.32 bits per heavy atom. The Kier molecular flexibility index (Phi) is 5.81. The van der Waals surface area contributed by atoms with Gasteiger partial charge in [-0.15, -0.1) is 5.54 Å². The van der Waals surface area contributed by atoms with E-state index in [0.717, 1.165) is 5.56 Å². The Morgan fingerprint density at radius 3 is 2.47 bits per heavy atom. The Hall–Kier alpha value is -1.57. The van der Waals surface area contributed by atoms with Crippen molar-refractivity contribution in [3.8, 4) is 11.5 Å². The summed E-state index contributed by atoms with van der Waals surface area (Å²) in [5, 5.41) is 12.1. The maximum Gasteiger partial charge on any atom is 0.295 e. The van der Waals surface area contributed by atoms with Crippen LogP contribution in [0.25, 0.3) is 0 Å². The van der Waals surface area contributed by atoms with Gasteiger partial charge < -0.3 is 10.4 Å². The highest BCUT2D eigenvalue weighted by molar-refractivity contribution is 6.84. The molecule has 1 aromatic rings. The number of aliphatic hydroxyl groups is 1. The number of hydrogen-bond donors (Lipinski definition) is 2. The molecule has 0 saturated heterocycles. The van der Waals surface area contributed by atoms with Gasteiger partial charge >= 0.3 is 0 Å². The Labute approximate surface area is 116 Å². The van der Waals surface area contributed by atoms with Gasteiger partial charge in [-0.2, -0.15) is 0 Å². The second kappa shape index (κ2) is 7.12. The fourth-order valence-electron chi connectivity index (χ4n) is 1.53. The molecule has 0 bridgehead atoms. The first-order valence-electron chi connectivity index (χ1n) is 6.39. The molecule has 3 nitrogen and oxygen atoms in total. The fraction of sp³-hybridized carbons (Fsp3) is 0.400. The van der Waals surface area contributed by atoms with E-state index in [1.54, 1.807) is 0 Å². The lowest BCUT2D eigenvalue weighted by molar-refractivity contribution is -0.116. The molecule has 0 saturated carbocycles. The molecule has 4 heteroatoms. The molecule has 0 heterocycles. The van der Waals surface area contributed by atoms with Crippen LogP contribution in [-0.2, 0) is 11.2 Å². The zero-order chi connectivity index (χ0) is 14.3. The first kappa shape index (κ1) is 15.5. The second-order valence-electron chi connectivity index (χ2n) is 5.54. The van der Waals surface area contributed by atoms with Crippen molar-refractivity contribution in [2.24, 2.45) is 0 Å². The van der Waals surface area contributed by atoms with E-state index >= 15 is 0 Å². The molecule has 102 valence electrons. The van der Waals surface area contributed by atoms with E-state index in [9.17, 15) is 9.90 Å². The predicted octanol–water partition coefficient (Wildman–Crippen LogP) is 1.59. The molecule has 0 aliphatic rings. The van der Waals surface area contributed by atoms with Crippen molar-refractivity contribution in [2.75, 3.05) is 6.61 Å². The van der Waals surface area contributed by atoms with Crippen LogP contribution in [0.2, 0.25) is 19.6 Å². The highest BCUT2D eigenvalue weighted by atomic mass is 28.3. The van der Waals surface area contributed by atoms with Crippen molar-refractivity contribution < 1.29 is 9.90 Å². The van der Waals surface area contributed by atoms with Crippen LogP contribution in [0.15, 0.2) is 30.3 Å². The van der Waals surface area contributed by atoms with E-state index in [-0.39, 0.29) is 18.6 Å². The summed E-state index contributed by atoms with van der Waals surface area (Å²) < 4.78 is 0. The third kappa shape index (κ3) is 6.80. The minimum Gasteiger partial charge on any atom is -0.394 e. The third-order valence-electron chi connectivity index (χ3n) is 2.43. The number of aliphatic hydroxyl groups excluding tert-OH is 1. The van der Waals surface area contributed by atoms with Crippen molar-refractivity contribution in [3.63, 3.8) is 0 Å². The largest absolute Gasteiger partial charge is 0.394 e. The number of benzene rings is 1. The molecule has 0 radical (unpaired) electrons. The average Bonchev–Trinajstić information content (AvgIpc) is 2.36. The number of hydrogen-bond acceptors (Lipinski definition) is 2. The van der Waals surface area contributed by atoms with Crippen LogP contribution in [0.5, 0.6) is 0 Å². The van der Waals surface area contributed by atoms with Gasteiger partial charge in [0.2, 0.25) is 0 Å². The van der Waals surface area contributed by atoms with Gasteiger partial charge in [-0.25, -0.2) is 0 Å². The molecule has 0 spiro atoms. The molecule has 0 unspecified atom stereocenters. The maximum atomic E-state index is 11.7. The van der Waals surface area contributed by atoms with Crippen molar-refractivity contribution in [1.29, 1.82) is 0 Å². The van der Waals surface area contributed by atoms with E-state index in [1.807, 2.05) is 30.3 Å². The lowest BCUT2D eigenvalue weighted by atomic mass is 10.1. The number of amides is 1. The highest BCUT2D eigenvalue weighted by Gasteiger charge is 2.12. The zero-order valence-electron chi connectivity index (χ0n) is 11.7. The Morgan fingerprint density at radius 2 is 1.95 bits per heavy atom. The van der Waals surface area contributed by atoms with Crippen molar-refractivity contribution in [2.45, 2.75) is 32.1 Å². The predicted molar refractivity (Wildman–Crippen MR) is 80.3 cm³/mol. The lowest BCUT2D eigenvalue weighted by Gasteiger charge is -2.14. The molecule has 19 heavy (non-hydrogen) atoms. The summed E-state index contributed by atoms with van der Waals surface area (Å²) in [5.41, 5.74) is 4.09. The number of carbonyl (C=O) groups excluding carboxylic acids is 1. The molecule has 0 fully saturated rings. The van der Waals surface area contributed by atoms with E-state index in [4.69, 9.17) is 0 Å². The second-order valence-corrected chi connectivity index (χ2v) is 10.3. The van der Waals surface area contributed by atoms with Gasteiger partial charge in [0.1, 0.15) is 8.07 Å². The molecule has 0 aliphatic heterocycles. The van der Waals surface area contributed by atoms with Gasteiger partial charge in [-0.3, -0.25) is 4.79 Å². The van der Waals surface area contributed by atoms with Crippen LogP contribution < -0.4 is 5.32 Å². The number of carbonyl (C=O) groups is 1. The standard InChI is InChI=1S/C15H21NO2Si/c1-19(2,3)10-9-15(18)16-14(12-17)11-13-7-5-4-6-8-13/h4-8,14,17H,11-12H2,1-3H3,(H,16,18)/t14-/m0/s1. The zero-order valence-corrected chi connectivity index (χ0v) is 12.7. The minimum atomic E-state index is -1.54. The summed E-state index contributed by atoms with van der Waals surface area (Å²) in [4.78, 5) is 11.7. The van der Waals surface area contributed by atoms with Gasteiger partial charge in [-0.1, -0.05) is 50.0 Å². The van der Waals surface area contributed by atoms with Crippen LogP contribution >= 0.6 is 0 Å². The molecule has 0 aromatic heterocycles. The smallest absolute Gasteiger partial charge is 0.295 e. The topological polar surface area (TPSA) is 49.3 Å². The lowest BCUT2D eigenvalue weighted by Crippen LogP contribution is -2.38. The summed E-state index contributed by atoms with van der Waals surface area (Å²) in [6.07, 6.45) is 0.609. The molecule has 1 amide bonds. The summed E-state index contributed by atoms with van der Waals surface area (Å²) in [5.74, 6) is 2.32. The van der Waals surface area contributed by atoms with Gasteiger partial charge in [0, 0.05) is 0 Å². The van der Waals surface area contributed by atoms with Crippen molar-refractivity contribution >= 4 is 14.0 Å². The van der Waals surface area contributed by atoms with Gasteiger partial charge in [0.25, 0.3) is 5.91 Å². The Bertz CT molecular complexity index is 468. The molecular formula is C15H21NO2Si. The van der Waals surface area contributed by atoms with Crippen LogP contribution in [-0.4, -0.2) is 31.7 Å². The first-order chi connectivity index (χ1) is 8.90. The maximum absolute atomic E-state index is 11.7. The summed E-state index contributed by atoms with van der Waals surface area (Å²) in [7, 11) is -1.54. The number of nitrogens with one attached hydrogen (secondary N) is 1. The van der Waals surface area contributed by atoms with E-state index in [0.29, 0.717) is 6.42 Å². The van der Waals surface area contributed by atoms with E-state index < -0.39 is 8.07 Å². The summed E-state index contributed by atoms with van der Waals surface area (Å²) >= 11 is 0. The first-order valence-corrected chi connectivity index (χ1v) is 9.89. The van der Waals surface area contributed by atoms with Gasteiger partial charge in [-0.05, 0) is 17.9 Å². The molecule has 1 aromatic carbocycles. The molecule has 1 atom stereocenters. The van der Waals surface area contributed by atoms with Crippen molar-refractivity contribution in [1.82, 2.24) is 5.32 Å². The average molecular weight is 275 g/mol. The molecule has 1 rings (SSSR count).